The predicted molar refractivity (Wildman–Crippen MR) is 86.5 cm³/mol. The Kier molecular flexibility index (Phi) is 6.76. The topological polar surface area (TPSA) is 21.3 Å². The third kappa shape index (κ3) is 5.44. The molecule has 0 aliphatic heterocycles. The number of ether oxygens (including phenoxy) is 1. The van der Waals surface area contributed by atoms with Gasteiger partial charge in [-0.1, -0.05) is 45.4 Å². The van der Waals surface area contributed by atoms with Gasteiger partial charge in [-0.2, -0.15) is 0 Å². The van der Waals surface area contributed by atoms with Crippen LogP contribution in [0.5, 0.6) is 5.75 Å². The summed E-state index contributed by atoms with van der Waals surface area (Å²) in [5, 5.41) is 3.43. The number of benzene rings is 1. The second kappa shape index (κ2) is 8.89. The highest BCUT2D eigenvalue weighted by Gasteiger charge is 2.12. The van der Waals surface area contributed by atoms with Crippen LogP contribution in [0.25, 0.3) is 0 Å². The van der Waals surface area contributed by atoms with Crippen molar-refractivity contribution in [2.45, 2.75) is 58.3 Å². The highest BCUT2D eigenvalue weighted by Crippen LogP contribution is 2.26. The van der Waals surface area contributed by atoms with E-state index < -0.39 is 0 Å². The van der Waals surface area contributed by atoms with Crippen molar-refractivity contribution in [3.05, 3.63) is 24.3 Å². The normalized spacial score (nSPS) is 16.1. The molecule has 1 N–H and O–H groups in total. The molecule has 0 bridgehead atoms. The van der Waals surface area contributed by atoms with Crippen molar-refractivity contribution < 1.29 is 4.74 Å². The Morgan fingerprint density at radius 1 is 1.10 bits per heavy atom. The molecule has 1 fully saturated rings. The summed E-state index contributed by atoms with van der Waals surface area (Å²) < 4.78 is 5.86. The molecule has 1 aliphatic carbocycles. The highest BCUT2D eigenvalue weighted by atomic mass is 16.5. The lowest BCUT2D eigenvalue weighted by atomic mass is 9.87. The molecule has 20 heavy (non-hydrogen) atoms. The average Bonchev–Trinajstić information content (AvgIpc) is 2.50. The number of hydrogen-bond acceptors (Lipinski definition) is 2. The van der Waals surface area contributed by atoms with Crippen LogP contribution in [0, 0.1) is 5.92 Å². The Morgan fingerprint density at radius 3 is 2.55 bits per heavy atom. The fourth-order valence-corrected chi connectivity index (χ4v) is 2.90. The Bertz CT molecular complexity index is 354. The minimum absolute atomic E-state index is 0.868. The summed E-state index contributed by atoms with van der Waals surface area (Å²) in [6.45, 7) is 4.14. The first-order valence-corrected chi connectivity index (χ1v) is 8.35. The standard InChI is InChI=1S/C18H29NO/c1-2-3-14-19-17-9-11-18(12-10-17)20-15-13-16-7-5-4-6-8-16/h9-12,16,19H,2-8,13-15H2,1H3. The molecule has 2 heteroatoms. The van der Waals surface area contributed by atoms with Crippen LogP contribution in [-0.4, -0.2) is 13.2 Å². The molecule has 1 aliphatic rings. The summed E-state index contributed by atoms with van der Waals surface area (Å²) in [7, 11) is 0. The third-order valence-electron chi connectivity index (χ3n) is 4.23. The van der Waals surface area contributed by atoms with E-state index in [0.29, 0.717) is 0 Å². The first kappa shape index (κ1) is 15.2. The van der Waals surface area contributed by atoms with Crippen LogP contribution in [-0.2, 0) is 0 Å². The molecule has 1 aromatic carbocycles. The quantitative estimate of drug-likeness (QED) is 0.654. The summed E-state index contributed by atoms with van der Waals surface area (Å²) in [6, 6.07) is 8.39. The molecular weight excluding hydrogens is 246 g/mol. The van der Waals surface area contributed by atoms with Crippen LogP contribution < -0.4 is 10.1 Å². The van der Waals surface area contributed by atoms with Gasteiger partial charge < -0.3 is 10.1 Å². The number of anilines is 1. The summed E-state index contributed by atoms with van der Waals surface area (Å²) in [5.74, 6) is 1.90. The van der Waals surface area contributed by atoms with Gasteiger partial charge in [0.25, 0.3) is 0 Å². The van der Waals surface area contributed by atoms with Gasteiger partial charge in [0.05, 0.1) is 6.61 Å². The summed E-state index contributed by atoms with van der Waals surface area (Å²) >= 11 is 0. The van der Waals surface area contributed by atoms with E-state index in [2.05, 4.69) is 36.5 Å². The molecule has 0 spiro atoms. The van der Waals surface area contributed by atoms with Gasteiger partial charge in [-0.05, 0) is 43.0 Å². The van der Waals surface area contributed by atoms with Gasteiger partial charge in [-0.3, -0.25) is 0 Å². The van der Waals surface area contributed by atoms with E-state index in [9.17, 15) is 0 Å². The molecule has 0 amide bonds. The van der Waals surface area contributed by atoms with Gasteiger partial charge >= 0.3 is 0 Å². The van der Waals surface area contributed by atoms with Crippen LogP contribution in [0.3, 0.4) is 0 Å². The maximum absolute atomic E-state index is 5.86. The Labute approximate surface area is 123 Å². The lowest BCUT2D eigenvalue weighted by molar-refractivity contribution is 0.246. The van der Waals surface area contributed by atoms with E-state index in [-0.39, 0.29) is 0 Å². The van der Waals surface area contributed by atoms with E-state index in [1.165, 1.54) is 57.1 Å². The predicted octanol–water partition coefficient (Wildman–Crippen LogP) is 5.25. The van der Waals surface area contributed by atoms with Crippen molar-refractivity contribution in [3.8, 4) is 5.75 Å². The Hall–Kier alpha value is -1.18. The molecule has 1 saturated carbocycles. The van der Waals surface area contributed by atoms with Crippen LogP contribution in [0.4, 0.5) is 5.69 Å². The van der Waals surface area contributed by atoms with Gasteiger partial charge in [-0.15, -0.1) is 0 Å². The molecule has 2 rings (SSSR count). The maximum atomic E-state index is 5.86. The fourth-order valence-electron chi connectivity index (χ4n) is 2.90. The van der Waals surface area contributed by atoms with Crippen molar-refractivity contribution in [1.82, 2.24) is 0 Å². The van der Waals surface area contributed by atoms with Crippen LogP contribution in [0.2, 0.25) is 0 Å². The Morgan fingerprint density at radius 2 is 1.85 bits per heavy atom. The van der Waals surface area contributed by atoms with E-state index in [4.69, 9.17) is 4.74 Å². The fraction of sp³-hybridized carbons (Fsp3) is 0.667. The largest absolute Gasteiger partial charge is 0.494 e. The highest BCUT2D eigenvalue weighted by molar-refractivity contribution is 5.46. The van der Waals surface area contributed by atoms with Gasteiger partial charge in [0.15, 0.2) is 0 Å². The smallest absolute Gasteiger partial charge is 0.119 e. The monoisotopic (exact) mass is 275 g/mol. The number of hydrogen-bond donors (Lipinski definition) is 1. The van der Waals surface area contributed by atoms with E-state index in [1.807, 2.05) is 0 Å². The van der Waals surface area contributed by atoms with E-state index in [1.54, 1.807) is 0 Å². The lowest BCUT2D eigenvalue weighted by Gasteiger charge is -2.21. The summed E-state index contributed by atoms with van der Waals surface area (Å²) in [6.07, 6.45) is 10.8. The average molecular weight is 275 g/mol. The molecule has 112 valence electrons. The first-order chi connectivity index (χ1) is 9.88. The zero-order valence-electron chi connectivity index (χ0n) is 12.9. The van der Waals surface area contributed by atoms with Gasteiger partial charge in [-0.25, -0.2) is 0 Å². The molecule has 0 saturated heterocycles. The maximum Gasteiger partial charge on any atom is 0.119 e. The van der Waals surface area contributed by atoms with E-state index >= 15 is 0 Å². The second-order valence-corrected chi connectivity index (χ2v) is 5.95. The number of unbranched alkanes of at least 4 members (excludes halogenated alkanes) is 1. The van der Waals surface area contributed by atoms with Crippen molar-refractivity contribution in [3.63, 3.8) is 0 Å². The molecule has 1 aromatic rings. The molecule has 0 heterocycles. The van der Waals surface area contributed by atoms with Gasteiger partial charge in [0, 0.05) is 12.2 Å². The van der Waals surface area contributed by atoms with Crippen LogP contribution in [0.1, 0.15) is 58.3 Å². The van der Waals surface area contributed by atoms with E-state index in [0.717, 1.165) is 24.8 Å². The van der Waals surface area contributed by atoms with Crippen molar-refractivity contribution in [1.29, 1.82) is 0 Å². The zero-order chi connectivity index (χ0) is 14.0. The molecule has 2 nitrogen and oxygen atoms in total. The Balaban J connectivity index is 1.65. The molecule has 0 atom stereocenters. The SMILES string of the molecule is CCCCNc1ccc(OCCC2CCCCC2)cc1. The molecule has 0 aromatic heterocycles. The molecular formula is C18H29NO. The molecule has 0 radical (unpaired) electrons. The van der Waals surface area contributed by atoms with Crippen molar-refractivity contribution in [2.24, 2.45) is 5.92 Å². The van der Waals surface area contributed by atoms with Crippen LogP contribution in [0.15, 0.2) is 24.3 Å². The second-order valence-electron chi connectivity index (χ2n) is 5.95. The lowest BCUT2D eigenvalue weighted by Crippen LogP contribution is -2.10. The van der Waals surface area contributed by atoms with Crippen LogP contribution >= 0.6 is 0 Å². The first-order valence-electron chi connectivity index (χ1n) is 8.35. The number of rotatable bonds is 8. The van der Waals surface area contributed by atoms with Gasteiger partial charge in [0.2, 0.25) is 0 Å². The number of nitrogens with one attached hydrogen (secondary N) is 1. The minimum Gasteiger partial charge on any atom is -0.494 e. The van der Waals surface area contributed by atoms with Crippen molar-refractivity contribution in [2.75, 3.05) is 18.5 Å². The third-order valence-corrected chi connectivity index (χ3v) is 4.23. The summed E-state index contributed by atoms with van der Waals surface area (Å²) in [4.78, 5) is 0. The van der Waals surface area contributed by atoms with Crippen molar-refractivity contribution >= 4 is 5.69 Å². The molecule has 0 unspecified atom stereocenters. The zero-order valence-corrected chi connectivity index (χ0v) is 12.9. The summed E-state index contributed by atoms with van der Waals surface area (Å²) in [5.41, 5.74) is 1.19. The minimum atomic E-state index is 0.868. The van der Waals surface area contributed by atoms with Gasteiger partial charge in [0.1, 0.15) is 5.75 Å².